The summed E-state index contributed by atoms with van der Waals surface area (Å²) in [5.74, 6) is -1.23. The van der Waals surface area contributed by atoms with Gasteiger partial charge in [-0.25, -0.2) is 4.79 Å². The van der Waals surface area contributed by atoms with E-state index in [1.165, 1.54) is 6.92 Å². The fraction of sp³-hybridized carbons (Fsp3) is 0.767. The van der Waals surface area contributed by atoms with Crippen LogP contribution in [0.4, 0.5) is 0 Å². The van der Waals surface area contributed by atoms with Crippen molar-refractivity contribution in [2.45, 2.75) is 186 Å². The molecule has 2 fully saturated rings. The number of carbonyl (C=O) groups excluding carboxylic acids is 4. The number of hydrogen-bond acceptors (Lipinski definition) is 15. The van der Waals surface area contributed by atoms with Gasteiger partial charge in [0.25, 0.3) is 0 Å². The van der Waals surface area contributed by atoms with Gasteiger partial charge in [-0.15, -0.1) is 0 Å². The fourth-order valence-corrected chi connectivity index (χ4v) is 6.94. The van der Waals surface area contributed by atoms with Gasteiger partial charge in [0, 0.05) is 19.8 Å². The molecule has 0 bridgehead atoms. The average molecular weight is 870 g/mol. The molecule has 18 nitrogen and oxygen atoms in total. The highest BCUT2D eigenvalue weighted by Gasteiger charge is 2.53. The molecule has 18 heteroatoms. The van der Waals surface area contributed by atoms with Gasteiger partial charge in [-0.1, -0.05) is 38.3 Å². The quantitative estimate of drug-likeness (QED) is 0.0645. The van der Waals surface area contributed by atoms with E-state index in [1.54, 1.807) is 72.7 Å². The lowest BCUT2D eigenvalue weighted by Gasteiger charge is -2.49. The van der Waals surface area contributed by atoms with Gasteiger partial charge in [0.2, 0.25) is 17.7 Å². The first-order chi connectivity index (χ1) is 28.7. The Morgan fingerprint density at radius 1 is 0.803 bits per heavy atom. The maximum absolute atomic E-state index is 13.2. The van der Waals surface area contributed by atoms with E-state index < -0.39 is 103 Å². The molecule has 0 aliphatic carbocycles. The maximum atomic E-state index is 13.2. The molecule has 1 aromatic rings. The zero-order valence-corrected chi connectivity index (χ0v) is 37.2. The fourth-order valence-electron chi connectivity index (χ4n) is 6.94. The zero-order chi connectivity index (χ0) is 45.5. The highest BCUT2D eigenvalue weighted by molar-refractivity contribution is 5.84. The number of esters is 1. The molecular weight excluding hydrogens is 798 g/mol. The van der Waals surface area contributed by atoms with Gasteiger partial charge in [-0.3, -0.25) is 14.4 Å². The number of rotatable bonds is 22. The number of carbonyl (C=O) groups is 4. The van der Waals surface area contributed by atoms with Crippen LogP contribution in [-0.2, 0) is 54.0 Å². The smallest absolute Gasteiger partial charge is 0.328 e. The van der Waals surface area contributed by atoms with Crippen LogP contribution in [0.2, 0.25) is 0 Å². The van der Waals surface area contributed by atoms with Crippen LogP contribution in [0.15, 0.2) is 24.3 Å². The Morgan fingerprint density at radius 2 is 1.44 bits per heavy atom. The molecule has 0 aromatic heterocycles. The number of nitrogens with one attached hydrogen (secondary N) is 3. The van der Waals surface area contributed by atoms with Crippen molar-refractivity contribution in [2.24, 2.45) is 0 Å². The van der Waals surface area contributed by atoms with Crippen molar-refractivity contribution in [3.05, 3.63) is 29.8 Å². The largest absolute Gasteiger partial charge is 0.492 e. The molecule has 0 saturated carbocycles. The molecule has 3 amide bonds. The molecule has 1 aromatic carbocycles. The summed E-state index contributed by atoms with van der Waals surface area (Å²) in [7, 11) is 0. The van der Waals surface area contributed by atoms with E-state index >= 15 is 0 Å². The van der Waals surface area contributed by atoms with Crippen LogP contribution in [0.25, 0.3) is 0 Å². The number of benzene rings is 1. The molecule has 0 spiro atoms. The lowest BCUT2D eigenvalue weighted by molar-refractivity contribution is -0.355. The highest BCUT2D eigenvalue weighted by atomic mass is 16.7. The van der Waals surface area contributed by atoms with Crippen LogP contribution in [-0.4, -0.2) is 149 Å². The third-order valence-corrected chi connectivity index (χ3v) is 9.72. The molecule has 2 saturated heterocycles. The Hall–Kier alpha value is -3.46. The number of hydrogen-bond donors (Lipinski definition) is 7. The van der Waals surface area contributed by atoms with Crippen molar-refractivity contribution in [3.63, 3.8) is 0 Å². The Bertz CT molecular complexity index is 1520. The van der Waals surface area contributed by atoms with Gasteiger partial charge in [0.15, 0.2) is 12.6 Å². The summed E-state index contributed by atoms with van der Waals surface area (Å²) in [5.41, 5.74) is -0.878. The van der Waals surface area contributed by atoms with Crippen LogP contribution in [0.3, 0.4) is 0 Å². The summed E-state index contributed by atoms with van der Waals surface area (Å²) in [6.45, 7) is 15.2. The van der Waals surface area contributed by atoms with Crippen LogP contribution in [0.5, 0.6) is 5.75 Å². The van der Waals surface area contributed by atoms with Crippen molar-refractivity contribution in [3.8, 4) is 5.75 Å². The van der Waals surface area contributed by atoms with Gasteiger partial charge in [0.05, 0.1) is 43.5 Å². The second-order valence-corrected chi connectivity index (χ2v) is 17.4. The lowest BCUT2D eigenvalue weighted by Crippen LogP contribution is -2.68. The highest BCUT2D eigenvalue weighted by Crippen LogP contribution is 2.34. The van der Waals surface area contributed by atoms with E-state index in [0.29, 0.717) is 12.2 Å². The zero-order valence-electron chi connectivity index (χ0n) is 37.2. The molecule has 11 atom stereocenters. The topological polar surface area (TPSA) is 250 Å². The second-order valence-electron chi connectivity index (χ2n) is 17.4. The molecule has 7 N–H and O–H groups in total. The van der Waals surface area contributed by atoms with Crippen molar-refractivity contribution in [2.75, 3.05) is 26.4 Å². The monoisotopic (exact) mass is 869 g/mol. The Labute approximate surface area is 359 Å². The Balaban J connectivity index is 1.65. The maximum Gasteiger partial charge on any atom is 0.328 e. The summed E-state index contributed by atoms with van der Waals surface area (Å²) in [5, 5.41) is 52.4. The normalized spacial score (nSPS) is 27.4. The minimum absolute atomic E-state index is 0.0769. The number of ether oxygens (including phenoxy) is 7. The molecule has 3 rings (SSSR count). The van der Waals surface area contributed by atoms with Gasteiger partial charge in [-0.05, 0) is 72.6 Å². The van der Waals surface area contributed by atoms with Crippen molar-refractivity contribution in [1.29, 1.82) is 0 Å². The van der Waals surface area contributed by atoms with E-state index in [4.69, 9.17) is 33.2 Å². The standard InChI is InChI=1S/C43H71N3O15/c1-10-12-13-14-15-31(49)46-28(39(54)55-11-2)22-26-16-18-27(19-17-26)56-21-20-44-32(50)23-29-34(51)38(60-42(4,5)6)36(53)41(57-29)59-37-33(45-25(3)48)40(61-43(7,8)9)58-30(24-47)35(37)52/h16-19,28-30,33-38,40-41,47,51-53H,10-15,20-24H2,1-9H3,(H,44,50)(H,45,48)(H,46,49)/t28-,29?,30?,33?,34+,35+,36?,37?,38?,40-,41-/m0/s1. The molecule has 2 heterocycles. The Kier molecular flexibility index (Phi) is 20.8. The SMILES string of the molecule is CCCCCCC(=O)N[C@@H](Cc1ccc(OCCNC(=O)CC2O[C@@H](OC3C(NC(C)=O)[C@H](OC(C)(C)C)OC(CO)[C@H]3O)C(O)C(OC(C)(C)C)[C@@H]2O)cc1)C(=O)OCC. The summed E-state index contributed by atoms with van der Waals surface area (Å²) in [6.07, 6.45) is -8.62. The van der Waals surface area contributed by atoms with E-state index in [0.717, 1.165) is 31.2 Å². The molecule has 61 heavy (non-hydrogen) atoms. The van der Waals surface area contributed by atoms with E-state index in [9.17, 15) is 39.6 Å². The van der Waals surface area contributed by atoms with Crippen LogP contribution >= 0.6 is 0 Å². The number of unbranched alkanes of at least 4 members (excludes halogenated alkanes) is 3. The predicted molar refractivity (Wildman–Crippen MR) is 221 cm³/mol. The van der Waals surface area contributed by atoms with Crippen molar-refractivity contribution in [1.82, 2.24) is 16.0 Å². The number of aliphatic hydroxyl groups is 4. The second kappa shape index (κ2) is 24.4. The van der Waals surface area contributed by atoms with Crippen molar-refractivity contribution >= 4 is 23.7 Å². The number of aliphatic hydroxyl groups excluding tert-OH is 4. The molecule has 2 aliphatic rings. The van der Waals surface area contributed by atoms with Gasteiger partial charge >= 0.3 is 5.97 Å². The van der Waals surface area contributed by atoms with Gasteiger partial charge < -0.3 is 69.5 Å². The molecule has 0 radical (unpaired) electrons. The number of amides is 3. The average Bonchev–Trinajstić information content (AvgIpc) is 3.17. The molecule has 6 unspecified atom stereocenters. The van der Waals surface area contributed by atoms with E-state index in [1.807, 2.05) is 0 Å². The summed E-state index contributed by atoms with van der Waals surface area (Å²) < 4.78 is 41.1. The van der Waals surface area contributed by atoms with Gasteiger partial charge in [0.1, 0.15) is 61.1 Å². The van der Waals surface area contributed by atoms with Crippen molar-refractivity contribution < 1.29 is 72.8 Å². The van der Waals surface area contributed by atoms with Crippen LogP contribution in [0, 0.1) is 0 Å². The molecule has 348 valence electrons. The first kappa shape index (κ1) is 51.9. The van der Waals surface area contributed by atoms with Crippen LogP contribution in [0.1, 0.15) is 106 Å². The minimum Gasteiger partial charge on any atom is -0.492 e. The summed E-state index contributed by atoms with van der Waals surface area (Å²) in [4.78, 5) is 50.7. The third-order valence-electron chi connectivity index (χ3n) is 9.72. The summed E-state index contributed by atoms with van der Waals surface area (Å²) >= 11 is 0. The minimum atomic E-state index is -1.63. The molecular formula is C43H71N3O15. The first-order valence-electron chi connectivity index (χ1n) is 21.3. The first-order valence-corrected chi connectivity index (χ1v) is 21.3. The van der Waals surface area contributed by atoms with E-state index in [2.05, 4.69) is 22.9 Å². The third kappa shape index (κ3) is 17.3. The lowest BCUT2D eigenvalue weighted by atomic mass is 9.93. The molecule has 2 aliphatic heterocycles. The summed E-state index contributed by atoms with van der Waals surface area (Å²) in [6, 6.07) is 5.00. The van der Waals surface area contributed by atoms with E-state index in [-0.39, 0.29) is 38.5 Å². The van der Waals surface area contributed by atoms with Crippen LogP contribution < -0.4 is 20.7 Å². The predicted octanol–water partition coefficient (Wildman–Crippen LogP) is 1.55. The van der Waals surface area contributed by atoms with Gasteiger partial charge in [-0.2, -0.15) is 0 Å². The Morgan fingerprint density at radius 3 is 2.03 bits per heavy atom.